The summed E-state index contributed by atoms with van der Waals surface area (Å²) in [6, 6.07) is 6.15. The number of halogens is 1. The zero-order valence-electron chi connectivity index (χ0n) is 10.7. The molecule has 0 spiro atoms. The first-order valence-electron chi connectivity index (χ1n) is 6.34. The van der Waals surface area contributed by atoms with Crippen molar-refractivity contribution in [3.63, 3.8) is 0 Å². The van der Waals surface area contributed by atoms with Crippen molar-refractivity contribution in [1.82, 2.24) is 10.6 Å². The molecule has 98 valence electrons. The van der Waals surface area contributed by atoms with E-state index in [2.05, 4.69) is 10.6 Å². The third-order valence-electron chi connectivity index (χ3n) is 3.66. The molecular formula is C14H19FN2O. The highest BCUT2D eigenvalue weighted by atomic mass is 19.1. The number of hydrogen-bond donors (Lipinski definition) is 2. The fourth-order valence-electron chi connectivity index (χ4n) is 2.06. The summed E-state index contributed by atoms with van der Waals surface area (Å²) in [5.74, 6) is 0.268. The molecule has 3 nitrogen and oxygen atoms in total. The average molecular weight is 250 g/mol. The van der Waals surface area contributed by atoms with E-state index < -0.39 is 0 Å². The van der Waals surface area contributed by atoms with Gasteiger partial charge in [-0.25, -0.2) is 4.39 Å². The van der Waals surface area contributed by atoms with Gasteiger partial charge in [-0.15, -0.1) is 0 Å². The van der Waals surface area contributed by atoms with Crippen LogP contribution in [0.1, 0.15) is 25.5 Å². The van der Waals surface area contributed by atoms with Gasteiger partial charge in [0.15, 0.2) is 0 Å². The summed E-state index contributed by atoms with van der Waals surface area (Å²) in [5, 5.41) is 6.14. The molecule has 1 amide bonds. The highest BCUT2D eigenvalue weighted by molar-refractivity contribution is 5.79. The van der Waals surface area contributed by atoms with Gasteiger partial charge in [0.1, 0.15) is 5.82 Å². The molecule has 0 radical (unpaired) electrons. The normalized spacial score (nSPS) is 18.8. The minimum Gasteiger partial charge on any atom is -0.349 e. The van der Waals surface area contributed by atoms with E-state index in [-0.39, 0.29) is 23.7 Å². The summed E-state index contributed by atoms with van der Waals surface area (Å²) in [4.78, 5) is 12.0. The highest BCUT2D eigenvalue weighted by Gasteiger charge is 2.29. The van der Waals surface area contributed by atoms with Crippen LogP contribution in [0.3, 0.4) is 0 Å². The van der Waals surface area contributed by atoms with Crippen LogP contribution in [0.2, 0.25) is 0 Å². The Labute approximate surface area is 107 Å². The van der Waals surface area contributed by atoms with Gasteiger partial charge in [-0.1, -0.05) is 19.1 Å². The largest absolute Gasteiger partial charge is 0.349 e. The average Bonchev–Trinajstić information content (AvgIpc) is 2.27. The molecule has 1 aliphatic rings. The molecule has 0 aromatic heterocycles. The van der Waals surface area contributed by atoms with E-state index in [4.69, 9.17) is 0 Å². The second kappa shape index (κ2) is 5.48. The Hall–Kier alpha value is -1.42. The van der Waals surface area contributed by atoms with Crippen LogP contribution in [0, 0.1) is 17.7 Å². The standard InChI is InChI=1S/C14H19FN2O/c1-9(12-7-16-8-12)14(18)17-10(2)11-3-5-13(15)6-4-11/h3-6,9-10,12,16H,7-8H2,1-2H3,(H,17,18)/t9?,10-/m1/s1. The topological polar surface area (TPSA) is 41.1 Å². The Morgan fingerprint density at radius 3 is 2.44 bits per heavy atom. The van der Waals surface area contributed by atoms with Crippen LogP contribution in [0.15, 0.2) is 24.3 Å². The predicted molar refractivity (Wildman–Crippen MR) is 68.5 cm³/mol. The van der Waals surface area contributed by atoms with Crippen molar-refractivity contribution in [1.29, 1.82) is 0 Å². The fourth-order valence-corrected chi connectivity index (χ4v) is 2.06. The van der Waals surface area contributed by atoms with Crippen molar-refractivity contribution in [3.05, 3.63) is 35.6 Å². The van der Waals surface area contributed by atoms with Crippen LogP contribution >= 0.6 is 0 Å². The van der Waals surface area contributed by atoms with Gasteiger partial charge in [-0.2, -0.15) is 0 Å². The molecule has 1 unspecified atom stereocenters. The fraction of sp³-hybridized carbons (Fsp3) is 0.500. The number of hydrogen-bond acceptors (Lipinski definition) is 2. The molecule has 18 heavy (non-hydrogen) atoms. The van der Waals surface area contributed by atoms with Crippen molar-refractivity contribution in [2.45, 2.75) is 19.9 Å². The molecule has 1 aromatic carbocycles. The summed E-state index contributed by atoms with van der Waals surface area (Å²) in [7, 11) is 0. The van der Waals surface area contributed by atoms with E-state index in [1.165, 1.54) is 12.1 Å². The number of nitrogens with one attached hydrogen (secondary N) is 2. The maximum atomic E-state index is 12.8. The Bertz CT molecular complexity index is 414. The van der Waals surface area contributed by atoms with Crippen molar-refractivity contribution in [2.24, 2.45) is 11.8 Å². The lowest BCUT2D eigenvalue weighted by atomic mass is 9.88. The maximum absolute atomic E-state index is 12.8. The van der Waals surface area contributed by atoms with Gasteiger partial charge in [-0.05, 0) is 43.6 Å². The van der Waals surface area contributed by atoms with Crippen LogP contribution in [-0.4, -0.2) is 19.0 Å². The molecule has 0 bridgehead atoms. The monoisotopic (exact) mass is 250 g/mol. The van der Waals surface area contributed by atoms with E-state index in [9.17, 15) is 9.18 Å². The van der Waals surface area contributed by atoms with E-state index in [1.54, 1.807) is 12.1 Å². The van der Waals surface area contributed by atoms with Crippen LogP contribution in [-0.2, 0) is 4.79 Å². The minimum atomic E-state index is -0.258. The predicted octanol–water partition coefficient (Wildman–Crippen LogP) is 1.86. The highest BCUT2D eigenvalue weighted by Crippen LogP contribution is 2.18. The molecule has 1 aliphatic heterocycles. The van der Waals surface area contributed by atoms with Crippen LogP contribution in [0.25, 0.3) is 0 Å². The lowest BCUT2D eigenvalue weighted by molar-refractivity contribution is -0.127. The van der Waals surface area contributed by atoms with Crippen LogP contribution in [0.5, 0.6) is 0 Å². The van der Waals surface area contributed by atoms with Gasteiger partial charge >= 0.3 is 0 Å². The molecule has 2 atom stereocenters. The first-order valence-corrected chi connectivity index (χ1v) is 6.34. The molecule has 1 saturated heterocycles. The van der Waals surface area contributed by atoms with Gasteiger partial charge in [0.2, 0.25) is 5.91 Å². The lowest BCUT2D eigenvalue weighted by Gasteiger charge is -2.32. The smallest absolute Gasteiger partial charge is 0.223 e. The first kappa shape index (κ1) is 13.0. The van der Waals surface area contributed by atoms with Crippen LogP contribution in [0.4, 0.5) is 4.39 Å². The van der Waals surface area contributed by atoms with Gasteiger partial charge < -0.3 is 10.6 Å². The third-order valence-corrected chi connectivity index (χ3v) is 3.66. The van der Waals surface area contributed by atoms with E-state index >= 15 is 0 Å². The van der Waals surface area contributed by atoms with Crippen molar-refractivity contribution in [3.8, 4) is 0 Å². The van der Waals surface area contributed by atoms with E-state index in [0.29, 0.717) is 5.92 Å². The Morgan fingerprint density at radius 1 is 1.33 bits per heavy atom. The Kier molecular flexibility index (Phi) is 3.97. The molecule has 1 aromatic rings. The van der Waals surface area contributed by atoms with E-state index in [0.717, 1.165) is 18.7 Å². The molecule has 4 heteroatoms. The summed E-state index contributed by atoms with van der Waals surface area (Å²) < 4.78 is 12.8. The number of amides is 1. The second-order valence-electron chi connectivity index (χ2n) is 4.99. The zero-order valence-corrected chi connectivity index (χ0v) is 10.7. The summed E-state index contributed by atoms with van der Waals surface area (Å²) in [6.45, 7) is 5.70. The SMILES string of the molecule is CC(C(=O)N[C@H](C)c1ccc(F)cc1)C1CNC1. The second-order valence-corrected chi connectivity index (χ2v) is 4.99. The lowest BCUT2D eigenvalue weighted by Crippen LogP contribution is -2.49. The maximum Gasteiger partial charge on any atom is 0.223 e. The molecule has 1 fully saturated rings. The Morgan fingerprint density at radius 2 is 1.94 bits per heavy atom. The number of rotatable bonds is 4. The molecule has 2 rings (SSSR count). The summed E-state index contributed by atoms with van der Waals surface area (Å²) in [5.41, 5.74) is 0.920. The van der Waals surface area contributed by atoms with Gasteiger partial charge in [0, 0.05) is 5.92 Å². The summed E-state index contributed by atoms with van der Waals surface area (Å²) in [6.07, 6.45) is 0. The minimum absolute atomic E-state index is 0.0224. The number of carbonyl (C=O) groups excluding carboxylic acids is 1. The van der Waals surface area contributed by atoms with Crippen molar-refractivity contribution >= 4 is 5.91 Å². The van der Waals surface area contributed by atoms with Gasteiger partial charge in [0.05, 0.1) is 6.04 Å². The van der Waals surface area contributed by atoms with Crippen molar-refractivity contribution < 1.29 is 9.18 Å². The molecule has 0 saturated carbocycles. The first-order chi connectivity index (χ1) is 8.58. The van der Waals surface area contributed by atoms with Gasteiger partial charge in [-0.3, -0.25) is 4.79 Å². The zero-order chi connectivity index (χ0) is 13.1. The number of carbonyl (C=O) groups is 1. The van der Waals surface area contributed by atoms with E-state index in [1.807, 2.05) is 13.8 Å². The molecule has 2 N–H and O–H groups in total. The molecule has 0 aliphatic carbocycles. The summed E-state index contributed by atoms with van der Waals surface area (Å²) >= 11 is 0. The third kappa shape index (κ3) is 2.88. The quantitative estimate of drug-likeness (QED) is 0.856. The van der Waals surface area contributed by atoms with Crippen LogP contribution < -0.4 is 10.6 Å². The molecular weight excluding hydrogens is 231 g/mol. The number of benzene rings is 1. The Balaban J connectivity index is 1.91. The molecule has 1 heterocycles. The van der Waals surface area contributed by atoms with Crippen molar-refractivity contribution in [2.75, 3.05) is 13.1 Å². The van der Waals surface area contributed by atoms with Gasteiger partial charge in [0.25, 0.3) is 0 Å².